The van der Waals surface area contributed by atoms with Crippen LogP contribution in [0.25, 0.3) is 0 Å². The van der Waals surface area contributed by atoms with Crippen molar-refractivity contribution in [3.8, 4) is 5.75 Å². The molecular weight excluding hydrogens is 295 g/mol. The van der Waals surface area contributed by atoms with E-state index >= 15 is 0 Å². The second-order valence-electron chi connectivity index (χ2n) is 4.63. The number of nitrogens with one attached hydrogen (secondary N) is 1. The highest BCUT2D eigenvalue weighted by atomic mass is 32.2. The molecule has 0 spiro atoms. The number of imide groups is 1. The molecule has 114 valence electrons. The van der Waals surface area contributed by atoms with Crippen LogP contribution in [-0.2, 0) is 10.5 Å². The van der Waals surface area contributed by atoms with E-state index in [1.54, 1.807) is 13.0 Å². The highest BCUT2D eigenvalue weighted by molar-refractivity contribution is 7.99. The van der Waals surface area contributed by atoms with E-state index in [1.165, 1.54) is 35.9 Å². The van der Waals surface area contributed by atoms with E-state index in [0.717, 1.165) is 0 Å². The van der Waals surface area contributed by atoms with Crippen LogP contribution in [0.1, 0.15) is 12.5 Å². The minimum Gasteiger partial charge on any atom is -0.496 e. The van der Waals surface area contributed by atoms with Gasteiger partial charge in [0.2, 0.25) is 5.91 Å². The van der Waals surface area contributed by atoms with Crippen molar-refractivity contribution >= 4 is 23.7 Å². The molecule has 21 heavy (non-hydrogen) atoms. The van der Waals surface area contributed by atoms with Gasteiger partial charge < -0.3 is 10.1 Å². The predicted molar refractivity (Wildman–Crippen MR) is 78.8 cm³/mol. The van der Waals surface area contributed by atoms with Crippen LogP contribution in [0.2, 0.25) is 0 Å². The third-order valence-corrected chi connectivity index (χ3v) is 4.38. The minimum atomic E-state index is -0.387. The topological polar surface area (TPSA) is 58.6 Å². The summed E-state index contributed by atoms with van der Waals surface area (Å²) >= 11 is 1.35. The van der Waals surface area contributed by atoms with Gasteiger partial charge in [0.15, 0.2) is 0 Å². The number of carbonyl (C=O) groups excluding carboxylic acids is 2. The monoisotopic (exact) mass is 312 g/mol. The number of rotatable bonds is 5. The van der Waals surface area contributed by atoms with Crippen LogP contribution in [0, 0.1) is 5.82 Å². The van der Waals surface area contributed by atoms with Gasteiger partial charge in [-0.05, 0) is 25.1 Å². The summed E-state index contributed by atoms with van der Waals surface area (Å²) in [4.78, 5) is 24.8. The molecule has 1 aromatic rings. The Hall–Kier alpha value is -1.76. The predicted octanol–water partition coefficient (Wildman–Crippen LogP) is 2.01. The summed E-state index contributed by atoms with van der Waals surface area (Å²) in [7, 11) is 1.52. The fourth-order valence-electron chi connectivity index (χ4n) is 2.05. The molecule has 1 saturated heterocycles. The molecule has 1 aromatic carbocycles. The van der Waals surface area contributed by atoms with Gasteiger partial charge in [-0.2, -0.15) is 0 Å². The highest BCUT2D eigenvalue weighted by Gasteiger charge is 2.29. The third kappa shape index (κ3) is 3.66. The average molecular weight is 312 g/mol. The van der Waals surface area contributed by atoms with E-state index in [1.807, 2.05) is 0 Å². The number of thioether (sulfide) groups is 1. The first-order valence-electron chi connectivity index (χ1n) is 6.56. The van der Waals surface area contributed by atoms with Gasteiger partial charge >= 0.3 is 6.03 Å². The summed E-state index contributed by atoms with van der Waals surface area (Å²) < 4.78 is 18.4. The molecule has 1 aliphatic heterocycles. The number of urea groups is 1. The van der Waals surface area contributed by atoms with Crippen LogP contribution in [0.3, 0.4) is 0 Å². The summed E-state index contributed by atoms with van der Waals surface area (Å²) in [6, 6.07) is 3.93. The van der Waals surface area contributed by atoms with Crippen molar-refractivity contribution in [2.24, 2.45) is 0 Å². The van der Waals surface area contributed by atoms with Gasteiger partial charge in [-0.15, -0.1) is 11.8 Å². The molecule has 0 bridgehead atoms. The Morgan fingerprint density at radius 1 is 1.57 bits per heavy atom. The number of hydrogen-bond acceptors (Lipinski definition) is 4. The standard InChI is InChI=1S/C14H17FN2O3S/c1-9(13(18)17-6-5-16-14(17)19)21-8-10-7-11(15)3-4-12(10)20-2/h3-4,7,9H,5-6,8H2,1-2H3,(H,16,19)/t9-/m0/s1. The smallest absolute Gasteiger partial charge is 0.324 e. The lowest BCUT2D eigenvalue weighted by atomic mass is 10.2. The number of nitrogens with zero attached hydrogens (tertiary/aromatic N) is 1. The summed E-state index contributed by atoms with van der Waals surface area (Å²) in [5, 5.41) is 2.20. The first-order valence-corrected chi connectivity index (χ1v) is 7.61. The van der Waals surface area contributed by atoms with E-state index in [9.17, 15) is 14.0 Å². The highest BCUT2D eigenvalue weighted by Crippen LogP contribution is 2.27. The van der Waals surface area contributed by atoms with Gasteiger partial charge in [-0.3, -0.25) is 9.69 Å². The van der Waals surface area contributed by atoms with Gasteiger partial charge in [0.25, 0.3) is 0 Å². The zero-order valence-electron chi connectivity index (χ0n) is 11.9. The van der Waals surface area contributed by atoms with Crippen molar-refractivity contribution in [1.82, 2.24) is 10.2 Å². The van der Waals surface area contributed by atoms with Gasteiger partial charge in [0.1, 0.15) is 11.6 Å². The zero-order chi connectivity index (χ0) is 15.4. The number of halogens is 1. The Morgan fingerprint density at radius 2 is 2.33 bits per heavy atom. The molecular formula is C14H17FN2O3S. The molecule has 1 aliphatic rings. The van der Waals surface area contributed by atoms with Crippen LogP contribution in [-0.4, -0.2) is 42.3 Å². The van der Waals surface area contributed by atoms with E-state index in [-0.39, 0.29) is 23.0 Å². The SMILES string of the molecule is COc1ccc(F)cc1CS[C@@H](C)C(=O)N1CCNC1=O. The van der Waals surface area contributed by atoms with Crippen LogP contribution in [0.5, 0.6) is 5.75 Å². The Kier molecular flexibility index (Phi) is 5.06. The lowest BCUT2D eigenvalue weighted by Crippen LogP contribution is -2.39. The number of benzene rings is 1. The van der Waals surface area contributed by atoms with Crippen molar-refractivity contribution in [3.05, 3.63) is 29.6 Å². The summed E-state index contributed by atoms with van der Waals surface area (Å²) in [5.41, 5.74) is 0.688. The first kappa shape index (κ1) is 15.6. The fourth-order valence-corrected chi connectivity index (χ4v) is 2.97. The molecule has 0 aromatic heterocycles. The van der Waals surface area contributed by atoms with Crippen LogP contribution in [0.4, 0.5) is 9.18 Å². The fraction of sp³-hybridized carbons (Fsp3) is 0.429. The van der Waals surface area contributed by atoms with E-state index in [2.05, 4.69) is 5.32 Å². The average Bonchev–Trinajstić information content (AvgIpc) is 2.90. The maximum Gasteiger partial charge on any atom is 0.324 e. The summed E-state index contributed by atoms with van der Waals surface area (Å²) in [6.07, 6.45) is 0. The van der Waals surface area contributed by atoms with Crippen LogP contribution < -0.4 is 10.1 Å². The van der Waals surface area contributed by atoms with E-state index < -0.39 is 0 Å². The Labute approximate surface area is 126 Å². The lowest BCUT2D eigenvalue weighted by Gasteiger charge is -2.18. The first-order chi connectivity index (χ1) is 10.0. The molecule has 0 unspecified atom stereocenters. The Morgan fingerprint density at radius 3 is 2.95 bits per heavy atom. The third-order valence-electron chi connectivity index (χ3n) is 3.20. The number of amides is 3. The maximum absolute atomic E-state index is 13.3. The molecule has 3 amide bonds. The molecule has 1 N–H and O–H groups in total. The van der Waals surface area contributed by atoms with Gasteiger partial charge in [0.05, 0.1) is 12.4 Å². The van der Waals surface area contributed by atoms with Gasteiger partial charge in [-0.25, -0.2) is 9.18 Å². The van der Waals surface area contributed by atoms with Crippen LogP contribution in [0.15, 0.2) is 18.2 Å². The second-order valence-corrected chi connectivity index (χ2v) is 5.96. The van der Waals surface area contributed by atoms with Crippen molar-refractivity contribution < 1.29 is 18.7 Å². The zero-order valence-corrected chi connectivity index (χ0v) is 12.7. The Balaban J connectivity index is 1.97. The second kappa shape index (κ2) is 6.80. The van der Waals surface area contributed by atoms with Crippen molar-refractivity contribution in [3.63, 3.8) is 0 Å². The molecule has 1 fully saturated rings. The van der Waals surface area contributed by atoms with Gasteiger partial charge in [0, 0.05) is 24.4 Å². The molecule has 0 aliphatic carbocycles. The van der Waals surface area contributed by atoms with E-state index in [0.29, 0.717) is 30.2 Å². The molecule has 1 atom stereocenters. The summed E-state index contributed by atoms with van der Waals surface area (Å²) in [6.45, 7) is 2.62. The quantitative estimate of drug-likeness (QED) is 0.903. The van der Waals surface area contributed by atoms with E-state index in [4.69, 9.17) is 4.74 Å². The largest absolute Gasteiger partial charge is 0.496 e. The van der Waals surface area contributed by atoms with Crippen molar-refractivity contribution in [2.75, 3.05) is 20.2 Å². The van der Waals surface area contributed by atoms with Crippen molar-refractivity contribution in [2.45, 2.75) is 17.9 Å². The lowest BCUT2D eigenvalue weighted by molar-refractivity contribution is -0.126. The normalized spacial score (nSPS) is 15.8. The maximum atomic E-state index is 13.3. The number of methoxy groups -OCH3 is 1. The molecule has 0 saturated carbocycles. The number of hydrogen-bond donors (Lipinski definition) is 1. The Bertz CT molecular complexity index is 553. The van der Waals surface area contributed by atoms with Gasteiger partial charge in [-0.1, -0.05) is 0 Å². The number of ether oxygens (including phenoxy) is 1. The molecule has 5 nitrogen and oxygen atoms in total. The molecule has 0 radical (unpaired) electrons. The summed E-state index contributed by atoms with van der Waals surface area (Å²) in [5.74, 6) is 0.445. The molecule has 7 heteroatoms. The van der Waals surface area contributed by atoms with Crippen molar-refractivity contribution in [1.29, 1.82) is 0 Å². The van der Waals surface area contributed by atoms with Crippen LogP contribution >= 0.6 is 11.8 Å². The minimum absolute atomic E-state index is 0.231. The molecule has 2 rings (SSSR count). The number of carbonyl (C=O) groups is 2. The molecule has 1 heterocycles.